The molecular weight excluding hydrogens is 695 g/mol. The number of benzene rings is 6. The molecule has 0 amide bonds. The third-order valence-corrected chi connectivity index (χ3v) is 11.1. The minimum Gasteiger partial charge on any atom is -0.343 e. The molecule has 1 aromatic heterocycles. The largest absolute Gasteiger partial charge is 0.343 e. The molecule has 0 N–H and O–H groups in total. The highest BCUT2D eigenvalue weighted by Gasteiger charge is 2.19. The van der Waals surface area contributed by atoms with Crippen molar-refractivity contribution in [1.29, 1.82) is 0 Å². The van der Waals surface area contributed by atoms with Crippen molar-refractivity contribution in [1.82, 2.24) is 4.98 Å². The third-order valence-electron chi connectivity index (χ3n) is 11.1. The van der Waals surface area contributed by atoms with E-state index in [-0.39, 0.29) is 0 Å². The second-order valence-corrected chi connectivity index (χ2v) is 14.9. The maximum atomic E-state index is 5.10. The van der Waals surface area contributed by atoms with Gasteiger partial charge in [-0.15, -0.1) is 0 Å². The van der Waals surface area contributed by atoms with Gasteiger partial charge in [0.1, 0.15) is 0 Å². The Morgan fingerprint density at radius 3 is 1.23 bits per heavy atom. The van der Waals surface area contributed by atoms with Gasteiger partial charge in [-0.1, -0.05) is 140 Å². The van der Waals surface area contributed by atoms with Gasteiger partial charge in [0.2, 0.25) is 0 Å². The molecule has 6 aromatic carbocycles. The van der Waals surface area contributed by atoms with Crippen molar-refractivity contribution in [3.05, 3.63) is 233 Å². The summed E-state index contributed by atoms with van der Waals surface area (Å²) < 4.78 is 0. The van der Waals surface area contributed by atoms with E-state index in [0.29, 0.717) is 13.1 Å². The van der Waals surface area contributed by atoms with Crippen molar-refractivity contribution >= 4 is 22.8 Å². The van der Waals surface area contributed by atoms with Crippen LogP contribution in [0.2, 0.25) is 0 Å². The molecule has 14 bridgehead atoms. The minimum absolute atomic E-state index is 0.630. The van der Waals surface area contributed by atoms with Gasteiger partial charge in [0.25, 0.3) is 0 Å². The molecule has 57 heavy (non-hydrogen) atoms. The van der Waals surface area contributed by atoms with E-state index < -0.39 is 0 Å². The zero-order valence-corrected chi connectivity index (χ0v) is 31.7. The van der Waals surface area contributed by atoms with Gasteiger partial charge in [-0.2, -0.15) is 0 Å². The molecule has 14 heterocycles. The van der Waals surface area contributed by atoms with Crippen LogP contribution in [0.25, 0.3) is 22.5 Å². The summed E-state index contributed by atoms with van der Waals surface area (Å²) in [6, 6.07) is 58.8. The lowest BCUT2D eigenvalue weighted by Gasteiger charge is -2.27. The highest BCUT2D eigenvalue weighted by Crippen LogP contribution is 2.31. The van der Waals surface area contributed by atoms with Gasteiger partial charge in [-0.25, -0.2) is 4.98 Å². The van der Waals surface area contributed by atoms with Crippen LogP contribution in [0.3, 0.4) is 0 Å². The number of aromatic nitrogens is 1. The third kappa shape index (κ3) is 7.36. The van der Waals surface area contributed by atoms with Gasteiger partial charge in [0.15, 0.2) is 0 Å². The molecule has 13 aliphatic rings. The number of hydrogen-bond acceptors (Lipinski definition) is 5. The Bertz CT molecular complexity index is 2500. The number of para-hydroxylation sites is 2. The maximum absolute atomic E-state index is 5.10. The number of fused-ring (bicyclic) bond motifs is 1. The van der Waals surface area contributed by atoms with Gasteiger partial charge in [0, 0.05) is 47.7 Å². The molecule has 0 atom stereocenters. The van der Waals surface area contributed by atoms with Gasteiger partial charge in [0.05, 0.1) is 47.3 Å². The second-order valence-electron chi connectivity index (χ2n) is 14.9. The van der Waals surface area contributed by atoms with E-state index in [4.69, 9.17) is 15.0 Å². The summed E-state index contributed by atoms with van der Waals surface area (Å²) in [5.74, 6) is 0. The average molecular weight is 736 g/mol. The van der Waals surface area contributed by atoms with E-state index in [0.717, 1.165) is 64.6 Å². The summed E-state index contributed by atoms with van der Waals surface area (Å²) in [5.41, 5.74) is 18.2. The Morgan fingerprint density at radius 2 is 0.772 bits per heavy atom. The average Bonchev–Trinajstić information content (AvgIpc) is 3.27. The lowest BCUT2D eigenvalue weighted by atomic mass is 10.0. The van der Waals surface area contributed by atoms with Crippen molar-refractivity contribution in [2.24, 2.45) is 9.98 Å². The SMILES string of the molecule is C1=CN2Cc3ccc(cc3)-c3cccc(n3)-c3ccc(cc3)CN3C=CC(=NCc4ccc(cc4)Cc4ccc(cc4)CN=C1c1ccccc12)c1ccccc13. The van der Waals surface area contributed by atoms with Crippen LogP contribution in [0.4, 0.5) is 11.4 Å². The summed E-state index contributed by atoms with van der Waals surface area (Å²) in [5, 5.41) is 0. The normalized spacial score (nSPS) is 14.7. The highest BCUT2D eigenvalue weighted by molar-refractivity contribution is 6.14. The number of hydrogen-bond donors (Lipinski definition) is 0. The molecule has 5 nitrogen and oxygen atoms in total. The molecule has 0 spiro atoms. The van der Waals surface area contributed by atoms with Crippen molar-refractivity contribution in [3.8, 4) is 22.5 Å². The van der Waals surface area contributed by atoms with Gasteiger partial charge < -0.3 is 9.80 Å². The number of anilines is 2. The first-order valence-electron chi connectivity index (χ1n) is 19.7. The number of pyridine rings is 1. The standard InChI is InChI=1S/C52H41N5/c1-3-10-51-45(6-1)49-28-30-56(51)35-41-20-24-43(25-21-41)47-8-5-9-48(55-47)44-26-22-42(23-27-44)36-57-31-29-50(46-7-2-4-11-52(46)57)54-34-40-18-14-38(15-19-40)32-37-12-16-39(17-13-37)33-53-49/h1-31H,32-36H2. The van der Waals surface area contributed by atoms with E-state index >= 15 is 0 Å². The number of allylic oxidation sites excluding steroid dienone is 2. The number of nitrogens with zero attached hydrogens (tertiary/aromatic N) is 5. The molecule has 0 radical (unpaired) electrons. The molecule has 7 aromatic rings. The minimum atomic E-state index is 0.630. The van der Waals surface area contributed by atoms with Crippen molar-refractivity contribution < 1.29 is 0 Å². The molecule has 0 saturated heterocycles. The first kappa shape index (κ1) is 34.4. The predicted octanol–water partition coefficient (Wildman–Crippen LogP) is 11.4. The molecule has 0 saturated carbocycles. The monoisotopic (exact) mass is 735 g/mol. The van der Waals surface area contributed by atoms with Crippen LogP contribution in [-0.2, 0) is 32.6 Å². The van der Waals surface area contributed by atoms with Crippen LogP contribution >= 0.6 is 0 Å². The van der Waals surface area contributed by atoms with Gasteiger partial charge in [-0.05, 0) is 76.2 Å². The molecule has 0 unspecified atom stereocenters. The van der Waals surface area contributed by atoms with E-state index in [9.17, 15) is 0 Å². The van der Waals surface area contributed by atoms with Crippen molar-refractivity contribution in [2.45, 2.75) is 32.6 Å². The zero-order chi connectivity index (χ0) is 38.0. The lowest BCUT2D eigenvalue weighted by Crippen LogP contribution is -2.22. The quantitative estimate of drug-likeness (QED) is 0.156. The summed E-state index contributed by atoms with van der Waals surface area (Å²) in [6.45, 7) is 2.79. The molecule has 13 aliphatic heterocycles. The van der Waals surface area contributed by atoms with Gasteiger partial charge >= 0.3 is 0 Å². The number of aliphatic imine (C=N–C) groups is 2. The van der Waals surface area contributed by atoms with Crippen LogP contribution < -0.4 is 9.80 Å². The Hall–Kier alpha value is -7.11. The predicted molar refractivity (Wildman–Crippen MR) is 235 cm³/mol. The summed E-state index contributed by atoms with van der Waals surface area (Å²) in [6.07, 6.45) is 9.50. The fraction of sp³-hybridized carbons (Fsp3) is 0.0962. The second kappa shape index (κ2) is 15.2. The van der Waals surface area contributed by atoms with E-state index in [1.54, 1.807) is 0 Å². The zero-order valence-electron chi connectivity index (χ0n) is 31.7. The first-order chi connectivity index (χ1) is 28.2. The van der Waals surface area contributed by atoms with E-state index in [1.807, 2.05) is 0 Å². The molecule has 20 rings (SSSR count). The fourth-order valence-electron chi connectivity index (χ4n) is 7.92. The van der Waals surface area contributed by atoms with Crippen LogP contribution in [0.5, 0.6) is 0 Å². The maximum Gasteiger partial charge on any atom is 0.0709 e. The molecular formula is C52H41N5. The molecule has 274 valence electrons. The van der Waals surface area contributed by atoms with E-state index in [1.165, 1.54) is 44.8 Å². The topological polar surface area (TPSA) is 44.1 Å². The van der Waals surface area contributed by atoms with Crippen LogP contribution in [-0.4, -0.2) is 16.4 Å². The van der Waals surface area contributed by atoms with Crippen molar-refractivity contribution in [3.63, 3.8) is 0 Å². The first-order valence-corrected chi connectivity index (χ1v) is 19.7. The van der Waals surface area contributed by atoms with E-state index in [2.05, 4.69) is 198 Å². The van der Waals surface area contributed by atoms with Crippen LogP contribution in [0.15, 0.2) is 198 Å². The summed E-state index contributed by atoms with van der Waals surface area (Å²) in [4.78, 5) is 19.9. The lowest BCUT2D eigenvalue weighted by molar-refractivity contribution is 0.959. The Labute approximate surface area is 334 Å². The fourth-order valence-corrected chi connectivity index (χ4v) is 7.92. The molecule has 0 fully saturated rings. The molecule has 0 aliphatic carbocycles. The van der Waals surface area contributed by atoms with Crippen molar-refractivity contribution in [2.75, 3.05) is 9.80 Å². The van der Waals surface area contributed by atoms with Crippen LogP contribution in [0, 0.1) is 0 Å². The Kier molecular flexibility index (Phi) is 9.17. The Morgan fingerprint density at radius 1 is 0.368 bits per heavy atom. The van der Waals surface area contributed by atoms with Gasteiger partial charge in [-0.3, -0.25) is 9.98 Å². The Balaban J connectivity index is 0.968. The smallest absolute Gasteiger partial charge is 0.0709 e. The number of rotatable bonds is 0. The highest BCUT2D eigenvalue weighted by atomic mass is 15.1. The summed E-state index contributed by atoms with van der Waals surface area (Å²) >= 11 is 0. The summed E-state index contributed by atoms with van der Waals surface area (Å²) in [7, 11) is 0. The molecule has 5 heteroatoms. The van der Waals surface area contributed by atoms with Crippen LogP contribution in [0.1, 0.15) is 44.5 Å².